The summed E-state index contributed by atoms with van der Waals surface area (Å²) in [6.07, 6.45) is 1.84. The molecule has 1 unspecified atom stereocenters. The summed E-state index contributed by atoms with van der Waals surface area (Å²) in [6.45, 7) is 8.06. The van der Waals surface area contributed by atoms with Gasteiger partial charge in [0.05, 0.1) is 18.7 Å². The van der Waals surface area contributed by atoms with Crippen molar-refractivity contribution in [1.29, 1.82) is 0 Å². The number of pyridine rings is 1. The molecule has 4 heteroatoms. The SMILES string of the molecule is CC(CN1CCOCC1)NCc1ccc2ncccc2c1. The summed E-state index contributed by atoms with van der Waals surface area (Å²) in [6, 6.07) is 11.1. The van der Waals surface area contributed by atoms with Crippen molar-refractivity contribution in [2.75, 3.05) is 32.8 Å². The number of hydrogen-bond donors (Lipinski definition) is 1. The summed E-state index contributed by atoms with van der Waals surface area (Å²) in [7, 11) is 0. The van der Waals surface area contributed by atoms with E-state index < -0.39 is 0 Å². The molecule has 112 valence electrons. The predicted octanol–water partition coefficient (Wildman–Crippen LogP) is 2.05. The van der Waals surface area contributed by atoms with Gasteiger partial charge in [0.1, 0.15) is 0 Å². The van der Waals surface area contributed by atoms with Crippen LogP contribution in [0.5, 0.6) is 0 Å². The number of rotatable bonds is 5. The molecule has 4 nitrogen and oxygen atoms in total. The molecular weight excluding hydrogens is 262 g/mol. The van der Waals surface area contributed by atoms with Gasteiger partial charge < -0.3 is 10.1 Å². The highest BCUT2D eigenvalue weighted by Crippen LogP contribution is 2.13. The van der Waals surface area contributed by atoms with Gasteiger partial charge >= 0.3 is 0 Å². The van der Waals surface area contributed by atoms with Crippen LogP contribution in [0, 0.1) is 0 Å². The van der Waals surface area contributed by atoms with Crippen molar-refractivity contribution in [2.24, 2.45) is 0 Å². The molecule has 1 aromatic carbocycles. The Labute approximate surface area is 126 Å². The fourth-order valence-electron chi connectivity index (χ4n) is 2.76. The van der Waals surface area contributed by atoms with E-state index in [0.717, 1.165) is 44.9 Å². The maximum absolute atomic E-state index is 5.38. The summed E-state index contributed by atoms with van der Waals surface area (Å²) in [5, 5.41) is 4.81. The van der Waals surface area contributed by atoms with E-state index in [0.29, 0.717) is 6.04 Å². The third kappa shape index (κ3) is 4.00. The van der Waals surface area contributed by atoms with Gasteiger partial charge in [0.15, 0.2) is 0 Å². The second-order valence-corrected chi connectivity index (χ2v) is 5.73. The molecule has 0 amide bonds. The number of hydrogen-bond acceptors (Lipinski definition) is 4. The van der Waals surface area contributed by atoms with E-state index in [-0.39, 0.29) is 0 Å². The largest absolute Gasteiger partial charge is 0.379 e. The van der Waals surface area contributed by atoms with Crippen molar-refractivity contribution < 1.29 is 4.74 Å². The van der Waals surface area contributed by atoms with E-state index in [1.807, 2.05) is 12.3 Å². The number of benzene rings is 1. The van der Waals surface area contributed by atoms with Crippen LogP contribution in [0.4, 0.5) is 0 Å². The number of nitrogens with one attached hydrogen (secondary N) is 1. The molecule has 1 atom stereocenters. The molecule has 1 aliphatic rings. The van der Waals surface area contributed by atoms with Crippen LogP contribution in [-0.2, 0) is 11.3 Å². The summed E-state index contributed by atoms with van der Waals surface area (Å²) in [5.41, 5.74) is 2.37. The first-order chi connectivity index (χ1) is 10.3. The average Bonchev–Trinajstić information content (AvgIpc) is 2.54. The summed E-state index contributed by atoms with van der Waals surface area (Å²) >= 11 is 0. The Kier molecular flexibility index (Phi) is 4.80. The topological polar surface area (TPSA) is 37.4 Å². The highest BCUT2D eigenvalue weighted by molar-refractivity contribution is 5.78. The monoisotopic (exact) mass is 285 g/mol. The molecule has 1 saturated heterocycles. The van der Waals surface area contributed by atoms with Crippen molar-refractivity contribution in [3.05, 3.63) is 42.1 Å². The lowest BCUT2D eigenvalue weighted by Crippen LogP contribution is -2.44. The molecule has 0 saturated carbocycles. The molecule has 2 aromatic rings. The van der Waals surface area contributed by atoms with Crippen LogP contribution in [0.15, 0.2) is 36.5 Å². The Bertz CT molecular complexity index is 581. The van der Waals surface area contributed by atoms with E-state index in [4.69, 9.17) is 4.74 Å². The molecule has 0 bridgehead atoms. The molecule has 3 rings (SSSR count). The smallest absolute Gasteiger partial charge is 0.0702 e. The third-order valence-electron chi connectivity index (χ3n) is 3.96. The number of morpholine rings is 1. The summed E-state index contributed by atoms with van der Waals surface area (Å²) in [5.74, 6) is 0. The van der Waals surface area contributed by atoms with Gasteiger partial charge in [0.2, 0.25) is 0 Å². The second-order valence-electron chi connectivity index (χ2n) is 5.73. The van der Waals surface area contributed by atoms with Gasteiger partial charge in [0.25, 0.3) is 0 Å². The van der Waals surface area contributed by atoms with E-state index in [1.165, 1.54) is 10.9 Å². The van der Waals surface area contributed by atoms with Crippen LogP contribution in [0.1, 0.15) is 12.5 Å². The lowest BCUT2D eigenvalue weighted by Gasteiger charge is -2.29. The number of aromatic nitrogens is 1. The fraction of sp³-hybridized carbons (Fsp3) is 0.471. The summed E-state index contributed by atoms with van der Waals surface area (Å²) < 4.78 is 5.38. The first kappa shape index (κ1) is 14.4. The highest BCUT2D eigenvalue weighted by Gasteiger charge is 2.13. The minimum absolute atomic E-state index is 0.479. The van der Waals surface area contributed by atoms with Crippen molar-refractivity contribution in [3.8, 4) is 0 Å². The van der Waals surface area contributed by atoms with Crippen molar-refractivity contribution >= 4 is 10.9 Å². The molecule has 1 aromatic heterocycles. The van der Waals surface area contributed by atoms with Crippen molar-refractivity contribution in [3.63, 3.8) is 0 Å². The molecular formula is C17H23N3O. The predicted molar refractivity (Wildman–Crippen MR) is 85.3 cm³/mol. The molecule has 0 radical (unpaired) electrons. The lowest BCUT2D eigenvalue weighted by molar-refractivity contribution is 0.0343. The minimum Gasteiger partial charge on any atom is -0.379 e. The maximum Gasteiger partial charge on any atom is 0.0702 e. The van der Waals surface area contributed by atoms with Crippen LogP contribution in [0.2, 0.25) is 0 Å². The van der Waals surface area contributed by atoms with E-state index in [1.54, 1.807) is 0 Å². The third-order valence-corrected chi connectivity index (χ3v) is 3.96. The standard InChI is InChI=1S/C17H23N3O/c1-14(13-20-7-9-21-10-8-20)19-12-15-4-5-17-16(11-15)3-2-6-18-17/h2-6,11,14,19H,7-10,12-13H2,1H3. The number of fused-ring (bicyclic) bond motifs is 1. The van der Waals surface area contributed by atoms with Crippen LogP contribution in [0.3, 0.4) is 0 Å². The molecule has 0 spiro atoms. The number of ether oxygens (including phenoxy) is 1. The Morgan fingerprint density at radius 1 is 1.29 bits per heavy atom. The second kappa shape index (κ2) is 6.98. The zero-order valence-corrected chi connectivity index (χ0v) is 12.6. The maximum atomic E-state index is 5.38. The van der Waals surface area contributed by atoms with E-state index >= 15 is 0 Å². The van der Waals surface area contributed by atoms with Crippen LogP contribution in [0.25, 0.3) is 10.9 Å². The molecule has 2 heterocycles. The van der Waals surface area contributed by atoms with Gasteiger partial charge in [-0.3, -0.25) is 9.88 Å². The number of nitrogens with zero attached hydrogens (tertiary/aromatic N) is 2. The first-order valence-electron chi connectivity index (χ1n) is 7.68. The summed E-state index contributed by atoms with van der Waals surface area (Å²) in [4.78, 5) is 6.82. The van der Waals surface area contributed by atoms with Crippen LogP contribution < -0.4 is 5.32 Å². The minimum atomic E-state index is 0.479. The van der Waals surface area contributed by atoms with Gasteiger partial charge in [0, 0.05) is 43.8 Å². The molecule has 1 aliphatic heterocycles. The molecule has 0 aliphatic carbocycles. The van der Waals surface area contributed by atoms with Gasteiger partial charge in [-0.25, -0.2) is 0 Å². The zero-order valence-electron chi connectivity index (χ0n) is 12.6. The highest BCUT2D eigenvalue weighted by atomic mass is 16.5. The van der Waals surface area contributed by atoms with E-state index in [2.05, 4.69) is 46.4 Å². The Balaban J connectivity index is 1.53. The van der Waals surface area contributed by atoms with Crippen molar-refractivity contribution in [2.45, 2.75) is 19.5 Å². The zero-order chi connectivity index (χ0) is 14.5. The normalized spacial score (nSPS) is 18.0. The van der Waals surface area contributed by atoms with E-state index in [9.17, 15) is 0 Å². The fourth-order valence-corrected chi connectivity index (χ4v) is 2.76. The van der Waals surface area contributed by atoms with Crippen molar-refractivity contribution in [1.82, 2.24) is 15.2 Å². The average molecular weight is 285 g/mol. The quantitative estimate of drug-likeness (QED) is 0.912. The van der Waals surface area contributed by atoms with Crippen LogP contribution >= 0.6 is 0 Å². The first-order valence-corrected chi connectivity index (χ1v) is 7.68. The van der Waals surface area contributed by atoms with Crippen LogP contribution in [-0.4, -0.2) is 48.8 Å². The Morgan fingerprint density at radius 3 is 3.00 bits per heavy atom. The Hall–Kier alpha value is -1.49. The van der Waals surface area contributed by atoms with Gasteiger partial charge in [-0.15, -0.1) is 0 Å². The molecule has 1 fully saturated rings. The lowest BCUT2D eigenvalue weighted by atomic mass is 10.1. The Morgan fingerprint density at radius 2 is 2.14 bits per heavy atom. The van der Waals surface area contributed by atoms with Gasteiger partial charge in [-0.1, -0.05) is 12.1 Å². The van der Waals surface area contributed by atoms with Gasteiger partial charge in [-0.05, 0) is 30.7 Å². The molecule has 21 heavy (non-hydrogen) atoms. The molecule has 1 N–H and O–H groups in total. The van der Waals surface area contributed by atoms with Gasteiger partial charge in [-0.2, -0.15) is 0 Å².